The number of ether oxygens (including phenoxy) is 1. The van der Waals surface area contributed by atoms with Crippen molar-refractivity contribution in [3.63, 3.8) is 0 Å². The summed E-state index contributed by atoms with van der Waals surface area (Å²) in [5.74, 6) is -0.932. The molecule has 1 atom stereocenters. The van der Waals surface area contributed by atoms with E-state index in [-0.39, 0.29) is 12.3 Å². The molecule has 0 bridgehead atoms. The second-order valence-corrected chi connectivity index (χ2v) is 8.45. The standard InChI is InChI=1S/C27H28ClN3O4/c28-23-13-11-22(12-14-23)24(30-27(29)34)17-26(33)35-19-25(32)31(18-21-9-5-2-6-10-21)16-15-20-7-3-1-4-8-20/h1-14,24H,15-19H2,(H3,29,30,34). The first-order chi connectivity index (χ1) is 16.9. The molecule has 0 spiro atoms. The van der Waals surface area contributed by atoms with Gasteiger partial charge in [-0.15, -0.1) is 0 Å². The highest BCUT2D eigenvalue weighted by Gasteiger charge is 2.21. The van der Waals surface area contributed by atoms with Gasteiger partial charge in [-0.2, -0.15) is 0 Å². The van der Waals surface area contributed by atoms with Gasteiger partial charge in [-0.05, 0) is 35.2 Å². The van der Waals surface area contributed by atoms with Gasteiger partial charge < -0.3 is 20.7 Å². The first kappa shape index (κ1) is 25.8. The van der Waals surface area contributed by atoms with E-state index in [0.717, 1.165) is 11.1 Å². The Bertz CT molecular complexity index is 1110. The summed E-state index contributed by atoms with van der Waals surface area (Å²) < 4.78 is 5.28. The quantitative estimate of drug-likeness (QED) is 0.390. The smallest absolute Gasteiger partial charge is 0.312 e. The summed E-state index contributed by atoms with van der Waals surface area (Å²) in [5.41, 5.74) is 8.00. The third kappa shape index (κ3) is 8.79. The molecule has 1 unspecified atom stereocenters. The topological polar surface area (TPSA) is 102 Å². The average molecular weight is 494 g/mol. The van der Waals surface area contributed by atoms with Crippen molar-refractivity contribution in [2.75, 3.05) is 13.2 Å². The molecule has 0 aliphatic carbocycles. The normalized spacial score (nSPS) is 11.3. The Morgan fingerprint density at radius 3 is 2.09 bits per heavy atom. The van der Waals surface area contributed by atoms with Crippen molar-refractivity contribution in [3.05, 3.63) is 107 Å². The Kier molecular flexibility index (Phi) is 9.69. The first-order valence-corrected chi connectivity index (χ1v) is 11.6. The molecular formula is C27H28ClN3O4. The van der Waals surface area contributed by atoms with Crippen LogP contribution in [-0.4, -0.2) is 36.0 Å². The van der Waals surface area contributed by atoms with Crippen LogP contribution in [-0.2, 0) is 27.3 Å². The van der Waals surface area contributed by atoms with Crippen LogP contribution in [0.1, 0.15) is 29.2 Å². The number of carbonyl (C=O) groups is 3. The number of benzene rings is 3. The molecule has 3 aromatic rings. The highest BCUT2D eigenvalue weighted by molar-refractivity contribution is 6.30. The van der Waals surface area contributed by atoms with Gasteiger partial charge in [0.15, 0.2) is 6.61 Å². The van der Waals surface area contributed by atoms with Gasteiger partial charge in [-0.3, -0.25) is 9.59 Å². The molecule has 0 aromatic heterocycles. The van der Waals surface area contributed by atoms with E-state index in [2.05, 4.69) is 5.32 Å². The molecule has 7 nitrogen and oxygen atoms in total. The van der Waals surface area contributed by atoms with Crippen molar-refractivity contribution < 1.29 is 19.1 Å². The number of nitrogens with zero attached hydrogens (tertiary/aromatic N) is 1. The number of primary amides is 1. The molecule has 3 amide bonds. The molecule has 3 aromatic carbocycles. The Morgan fingerprint density at radius 2 is 1.49 bits per heavy atom. The second kappa shape index (κ2) is 13.2. The monoisotopic (exact) mass is 493 g/mol. The zero-order valence-corrected chi connectivity index (χ0v) is 20.0. The number of hydrogen-bond donors (Lipinski definition) is 2. The van der Waals surface area contributed by atoms with Crippen LogP contribution in [0.15, 0.2) is 84.9 Å². The van der Waals surface area contributed by atoms with Crippen molar-refractivity contribution in [1.82, 2.24) is 10.2 Å². The van der Waals surface area contributed by atoms with E-state index in [0.29, 0.717) is 30.1 Å². The summed E-state index contributed by atoms with van der Waals surface area (Å²) in [6, 6.07) is 24.7. The van der Waals surface area contributed by atoms with Gasteiger partial charge in [-0.1, -0.05) is 84.4 Å². The van der Waals surface area contributed by atoms with Crippen LogP contribution in [0.4, 0.5) is 4.79 Å². The Morgan fingerprint density at radius 1 is 0.886 bits per heavy atom. The van der Waals surface area contributed by atoms with Crippen molar-refractivity contribution in [2.45, 2.75) is 25.4 Å². The maximum absolute atomic E-state index is 13.0. The van der Waals surface area contributed by atoms with Crippen LogP contribution in [0.5, 0.6) is 0 Å². The Balaban J connectivity index is 1.61. The minimum atomic E-state index is -0.774. The molecule has 35 heavy (non-hydrogen) atoms. The Hall–Kier alpha value is -3.84. The van der Waals surface area contributed by atoms with E-state index in [9.17, 15) is 14.4 Å². The molecule has 0 aliphatic rings. The lowest BCUT2D eigenvalue weighted by Crippen LogP contribution is -2.37. The van der Waals surface area contributed by atoms with Crippen LogP contribution in [0.25, 0.3) is 0 Å². The number of urea groups is 1. The summed E-state index contributed by atoms with van der Waals surface area (Å²) in [6.45, 7) is 0.483. The predicted molar refractivity (Wildman–Crippen MR) is 134 cm³/mol. The van der Waals surface area contributed by atoms with Gasteiger partial charge in [-0.25, -0.2) is 4.79 Å². The van der Waals surface area contributed by atoms with E-state index >= 15 is 0 Å². The molecule has 0 saturated carbocycles. The molecule has 0 saturated heterocycles. The fourth-order valence-corrected chi connectivity index (χ4v) is 3.71. The molecule has 3 rings (SSSR count). The zero-order chi connectivity index (χ0) is 25.0. The number of amides is 3. The van der Waals surface area contributed by atoms with Gasteiger partial charge >= 0.3 is 12.0 Å². The lowest BCUT2D eigenvalue weighted by Gasteiger charge is -2.23. The minimum Gasteiger partial charge on any atom is -0.455 e. The van der Waals surface area contributed by atoms with E-state index in [1.54, 1.807) is 29.2 Å². The van der Waals surface area contributed by atoms with Crippen LogP contribution in [0, 0.1) is 0 Å². The number of nitrogens with one attached hydrogen (secondary N) is 1. The molecule has 0 aliphatic heterocycles. The number of esters is 1. The summed E-state index contributed by atoms with van der Waals surface area (Å²) in [5, 5.41) is 3.05. The van der Waals surface area contributed by atoms with Crippen LogP contribution in [0.3, 0.4) is 0 Å². The zero-order valence-electron chi connectivity index (χ0n) is 19.2. The molecular weight excluding hydrogens is 466 g/mol. The van der Waals surface area contributed by atoms with Gasteiger partial charge in [0, 0.05) is 18.1 Å². The first-order valence-electron chi connectivity index (χ1n) is 11.2. The van der Waals surface area contributed by atoms with E-state index < -0.39 is 24.6 Å². The number of nitrogens with two attached hydrogens (primary N) is 1. The minimum absolute atomic E-state index is 0.180. The van der Waals surface area contributed by atoms with Crippen molar-refractivity contribution >= 4 is 29.5 Å². The van der Waals surface area contributed by atoms with Gasteiger partial charge in [0.2, 0.25) is 0 Å². The molecule has 0 heterocycles. The van der Waals surface area contributed by atoms with E-state index in [4.69, 9.17) is 22.1 Å². The van der Waals surface area contributed by atoms with Crippen LogP contribution >= 0.6 is 11.6 Å². The Labute approximate surface area is 209 Å². The number of hydrogen-bond acceptors (Lipinski definition) is 4. The molecule has 0 fully saturated rings. The highest BCUT2D eigenvalue weighted by atomic mass is 35.5. The SMILES string of the molecule is NC(=O)NC(CC(=O)OCC(=O)N(CCc1ccccc1)Cc1ccccc1)c1ccc(Cl)cc1. The van der Waals surface area contributed by atoms with E-state index in [1.165, 1.54) is 0 Å². The lowest BCUT2D eigenvalue weighted by atomic mass is 10.0. The average Bonchev–Trinajstić information content (AvgIpc) is 2.86. The highest BCUT2D eigenvalue weighted by Crippen LogP contribution is 2.20. The maximum Gasteiger partial charge on any atom is 0.312 e. The van der Waals surface area contributed by atoms with Gasteiger partial charge in [0.1, 0.15) is 0 Å². The van der Waals surface area contributed by atoms with Crippen molar-refractivity contribution in [2.24, 2.45) is 5.73 Å². The fraction of sp³-hybridized carbons (Fsp3) is 0.222. The fourth-order valence-electron chi connectivity index (χ4n) is 3.58. The van der Waals surface area contributed by atoms with Crippen LogP contribution < -0.4 is 11.1 Å². The van der Waals surface area contributed by atoms with Gasteiger partial charge in [0.05, 0.1) is 12.5 Å². The third-order valence-electron chi connectivity index (χ3n) is 5.40. The second-order valence-electron chi connectivity index (χ2n) is 8.01. The third-order valence-corrected chi connectivity index (χ3v) is 5.65. The lowest BCUT2D eigenvalue weighted by molar-refractivity contribution is -0.152. The van der Waals surface area contributed by atoms with Crippen molar-refractivity contribution in [1.29, 1.82) is 0 Å². The molecule has 0 radical (unpaired) electrons. The number of rotatable bonds is 11. The summed E-state index contributed by atoms with van der Waals surface area (Å²) in [7, 11) is 0. The molecule has 3 N–H and O–H groups in total. The largest absolute Gasteiger partial charge is 0.455 e. The molecule has 182 valence electrons. The van der Waals surface area contributed by atoms with E-state index in [1.807, 2.05) is 60.7 Å². The molecule has 8 heteroatoms. The van der Waals surface area contributed by atoms with Crippen LogP contribution in [0.2, 0.25) is 5.02 Å². The number of carbonyl (C=O) groups excluding carboxylic acids is 3. The van der Waals surface area contributed by atoms with Crippen molar-refractivity contribution in [3.8, 4) is 0 Å². The summed E-state index contributed by atoms with van der Waals surface area (Å²) in [6.07, 6.45) is 0.495. The predicted octanol–water partition coefficient (Wildman–Crippen LogP) is 4.25. The maximum atomic E-state index is 13.0. The van der Waals surface area contributed by atoms with Gasteiger partial charge in [0.25, 0.3) is 5.91 Å². The summed E-state index contributed by atoms with van der Waals surface area (Å²) in [4.78, 5) is 38.6. The summed E-state index contributed by atoms with van der Waals surface area (Å²) >= 11 is 5.92. The number of halogens is 1.